The summed E-state index contributed by atoms with van der Waals surface area (Å²) in [5.74, 6) is -1.87. The third-order valence-corrected chi connectivity index (χ3v) is 7.84. The quantitative estimate of drug-likeness (QED) is 0.0275. The Kier molecular flexibility index (Phi) is 30.1. The number of carboxylic acids is 1. The summed E-state index contributed by atoms with van der Waals surface area (Å²) in [4.78, 5) is 33.2. The molecule has 266 valence electrons. The van der Waals surface area contributed by atoms with Crippen molar-refractivity contribution in [1.82, 2.24) is 0 Å². The first-order chi connectivity index (χ1) is 22.2. The fourth-order valence-electron chi connectivity index (χ4n) is 4.20. The van der Waals surface area contributed by atoms with Crippen LogP contribution in [0.4, 0.5) is 0 Å². The van der Waals surface area contributed by atoms with Crippen LogP contribution >= 0.6 is 7.82 Å². The summed E-state index contributed by atoms with van der Waals surface area (Å²) < 4.78 is 33.0. The molecule has 0 rings (SSSR count). The van der Waals surface area contributed by atoms with Crippen LogP contribution in [0.1, 0.15) is 123 Å². The molecule has 0 aliphatic carbocycles. The van der Waals surface area contributed by atoms with Crippen molar-refractivity contribution in [3.8, 4) is 0 Å². The Morgan fingerprint density at radius 1 is 0.717 bits per heavy atom. The van der Waals surface area contributed by atoms with Crippen molar-refractivity contribution in [3.05, 3.63) is 48.6 Å². The number of unbranched alkanes of at least 4 members (excludes halogenated alkanes) is 10. The van der Waals surface area contributed by atoms with Crippen molar-refractivity contribution in [2.45, 2.75) is 135 Å². The van der Waals surface area contributed by atoms with Crippen LogP contribution in [0.3, 0.4) is 0 Å². The summed E-state index contributed by atoms with van der Waals surface area (Å²) in [6, 6.07) is -1.48. The van der Waals surface area contributed by atoms with Gasteiger partial charge in [-0.15, -0.1) is 0 Å². The van der Waals surface area contributed by atoms with Gasteiger partial charge in [-0.05, 0) is 38.5 Å². The minimum atomic E-state index is -4.62. The number of phosphoric acid groups is 1. The highest BCUT2D eigenvalue weighted by Gasteiger charge is 2.27. The summed E-state index contributed by atoms with van der Waals surface area (Å²) in [6.45, 7) is 3.63. The summed E-state index contributed by atoms with van der Waals surface area (Å²) in [6.07, 6.45) is 33.3. The van der Waals surface area contributed by atoms with E-state index in [0.29, 0.717) is 13.0 Å². The molecule has 0 aromatic carbocycles. The molecule has 3 unspecified atom stereocenters. The second-order valence-electron chi connectivity index (χ2n) is 11.3. The summed E-state index contributed by atoms with van der Waals surface area (Å²) in [5.41, 5.74) is 5.31. The van der Waals surface area contributed by atoms with Crippen molar-refractivity contribution >= 4 is 19.8 Å². The monoisotopic (exact) mass is 671 g/mol. The molecule has 0 saturated carbocycles. The van der Waals surface area contributed by atoms with Gasteiger partial charge in [0.15, 0.2) is 0 Å². The summed E-state index contributed by atoms with van der Waals surface area (Å²) >= 11 is 0. The number of esters is 1. The van der Waals surface area contributed by atoms with E-state index in [1.807, 2.05) is 12.2 Å². The zero-order chi connectivity index (χ0) is 34.1. The van der Waals surface area contributed by atoms with E-state index in [1.165, 1.54) is 51.4 Å². The van der Waals surface area contributed by atoms with Crippen molar-refractivity contribution in [2.75, 3.05) is 26.4 Å². The third kappa shape index (κ3) is 30.6. The average molecular weight is 672 g/mol. The van der Waals surface area contributed by atoms with E-state index < -0.39 is 45.1 Å². The summed E-state index contributed by atoms with van der Waals surface area (Å²) in [7, 11) is -4.62. The second-order valence-corrected chi connectivity index (χ2v) is 12.7. The zero-order valence-corrected chi connectivity index (χ0v) is 29.3. The predicted octanol–water partition coefficient (Wildman–Crippen LogP) is 8.36. The van der Waals surface area contributed by atoms with Crippen molar-refractivity contribution in [2.24, 2.45) is 5.73 Å². The number of hydrogen-bond donors (Lipinski definition) is 3. The van der Waals surface area contributed by atoms with Gasteiger partial charge >= 0.3 is 19.8 Å². The number of rotatable bonds is 32. The lowest BCUT2D eigenvalue weighted by Gasteiger charge is -2.20. The van der Waals surface area contributed by atoms with E-state index in [9.17, 15) is 19.0 Å². The maximum absolute atomic E-state index is 12.5. The highest BCUT2D eigenvalue weighted by molar-refractivity contribution is 7.47. The third-order valence-electron chi connectivity index (χ3n) is 6.89. The number of allylic oxidation sites excluding steroid dienone is 8. The first kappa shape index (κ1) is 43.9. The highest BCUT2D eigenvalue weighted by Crippen LogP contribution is 2.43. The molecule has 0 amide bonds. The number of carbonyl (C=O) groups excluding carboxylic acids is 1. The van der Waals surface area contributed by atoms with Crippen LogP contribution in [0.5, 0.6) is 0 Å². The Hall–Kier alpha value is -2.07. The van der Waals surface area contributed by atoms with Crippen LogP contribution in [0, 0.1) is 0 Å². The molecule has 11 heteroatoms. The molecule has 0 radical (unpaired) electrons. The molecule has 0 heterocycles. The minimum absolute atomic E-state index is 0.0118. The predicted molar refractivity (Wildman–Crippen MR) is 184 cm³/mol. The van der Waals surface area contributed by atoms with Gasteiger partial charge in [0, 0.05) is 13.0 Å². The van der Waals surface area contributed by atoms with E-state index in [1.54, 1.807) is 0 Å². The topological polar surface area (TPSA) is 155 Å². The molecule has 46 heavy (non-hydrogen) atoms. The van der Waals surface area contributed by atoms with Crippen LogP contribution in [-0.2, 0) is 32.7 Å². The van der Waals surface area contributed by atoms with E-state index >= 15 is 0 Å². The number of nitrogens with two attached hydrogens (primary N) is 1. The molecule has 0 aliphatic rings. The van der Waals surface area contributed by atoms with Gasteiger partial charge in [0.05, 0.1) is 19.8 Å². The molecule has 0 aliphatic heterocycles. The lowest BCUT2D eigenvalue weighted by atomic mass is 10.1. The van der Waals surface area contributed by atoms with Crippen LogP contribution in [-0.4, -0.2) is 60.5 Å². The molecule has 0 saturated heterocycles. The molecule has 0 spiro atoms. The van der Waals surface area contributed by atoms with Crippen molar-refractivity contribution < 1.29 is 42.7 Å². The van der Waals surface area contributed by atoms with Crippen LogP contribution in [0.15, 0.2) is 48.6 Å². The van der Waals surface area contributed by atoms with Gasteiger partial charge in [-0.2, -0.15) is 0 Å². The molecular weight excluding hydrogens is 609 g/mol. The van der Waals surface area contributed by atoms with Crippen molar-refractivity contribution in [1.29, 1.82) is 0 Å². The first-order valence-corrected chi connectivity index (χ1v) is 18.7. The average Bonchev–Trinajstić information content (AvgIpc) is 3.03. The highest BCUT2D eigenvalue weighted by atomic mass is 31.2. The van der Waals surface area contributed by atoms with E-state index in [-0.39, 0.29) is 13.0 Å². The Balaban J connectivity index is 4.49. The SMILES string of the molecule is CC/C=C\C/C=C\C/C=C\C/C=C\CCC(=O)OC(COCCCCCCCCCCCCC)COP(=O)(O)OCC(N)C(=O)O. The maximum Gasteiger partial charge on any atom is 0.472 e. The number of ether oxygens (including phenoxy) is 2. The normalized spacial score (nSPS) is 14.9. The second kappa shape index (κ2) is 31.5. The molecule has 3 atom stereocenters. The zero-order valence-electron chi connectivity index (χ0n) is 28.4. The summed E-state index contributed by atoms with van der Waals surface area (Å²) in [5, 5.41) is 8.83. The van der Waals surface area contributed by atoms with Gasteiger partial charge in [0.1, 0.15) is 12.1 Å². The number of carboxylic acid groups (broad SMARTS) is 1. The fourth-order valence-corrected chi connectivity index (χ4v) is 4.98. The molecule has 0 aromatic rings. The van der Waals surface area contributed by atoms with Gasteiger partial charge in [-0.25, -0.2) is 4.57 Å². The van der Waals surface area contributed by atoms with Gasteiger partial charge < -0.3 is 25.2 Å². The molecule has 0 fully saturated rings. The largest absolute Gasteiger partial charge is 0.480 e. The smallest absolute Gasteiger partial charge is 0.472 e. The first-order valence-electron chi connectivity index (χ1n) is 17.2. The lowest BCUT2D eigenvalue weighted by Crippen LogP contribution is -2.34. The number of carbonyl (C=O) groups is 2. The Morgan fingerprint density at radius 3 is 1.76 bits per heavy atom. The van der Waals surface area contributed by atoms with Gasteiger partial charge in [-0.1, -0.05) is 127 Å². The Morgan fingerprint density at radius 2 is 1.22 bits per heavy atom. The maximum atomic E-state index is 12.5. The van der Waals surface area contributed by atoms with Crippen LogP contribution in [0.2, 0.25) is 0 Å². The standard InChI is InChI=1S/C35H62NO9P/c1-3-5-7-9-11-13-15-16-17-19-21-23-25-27-34(37)45-32(30-43-46(40,41)44-31-33(36)35(38)39)29-42-28-26-24-22-20-18-14-12-10-8-6-4-2/h5,7,11,13,16-17,21,23,32-33H,3-4,6,8-10,12,14-15,18-20,22,24-31,36H2,1-2H3,(H,38,39)(H,40,41)/b7-5-,13-11-,17-16-,23-21-. The molecular formula is C35H62NO9P. The number of phosphoric ester groups is 1. The fraction of sp³-hybridized carbons (Fsp3) is 0.714. The Labute approximate surface area is 278 Å². The van der Waals surface area contributed by atoms with Gasteiger partial charge in [0.2, 0.25) is 0 Å². The van der Waals surface area contributed by atoms with Crippen LogP contribution in [0.25, 0.3) is 0 Å². The van der Waals surface area contributed by atoms with Crippen LogP contribution < -0.4 is 5.73 Å². The number of hydrogen-bond acceptors (Lipinski definition) is 8. The van der Waals surface area contributed by atoms with Gasteiger partial charge in [0.25, 0.3) is 0 Å². The molecule has 0 aromatic heterocycles. The van der Waals surface area contributed by atoms with E-state index in [4.69, 9.17) is 24.8 Å². The Bertz CT molecular complexity index is 920. The lowest BCUT2D eigenvalue weighted by molar-refractivity contribution is -0.154. The van der Waals surface area contributed by atoms with E-state index in [0.717, 1.165) is 44.9 Å². The van der Waals surface area contributed by atoms with E-state index in [2.05, 4.69) is 54.8 Å². The number of aliphatic carboxylic acids is 1. The molecule has 0 bridgehead atoms. The van der Waals surface area contributed by atoms with Gasteiger partial charge in [-0.3, -0.25) is 18.6 Å². The molecule has 4 N–H and O–H groups in total. The van der Waals surface area contributed by atoms with Crippen molar-refractivity contribution in [3.63, 3.8) is 0 Å². The minimum Gasteiger partial charge on any atom is -0.480 e. The molecule has 10 nitrogen and oxygen atoms in total.